The van der Waals surface area contributed by atoms with Crippen molar-refractivity contribution in [1.29, 1.82) is 0 Å². The molecule has 8 nitrogen and oxygen atoms in total. The number of amides is 1. The van der Waals surface area contributed by atoms with Crippen LogP contribution >= 0.6 is 11.3 Å². The molecule has 0 saturated carbocycles. The second kappa shape index (κ2) is 5.22. The van der Waals surface area contributed by atoms with Crippen molar-refractivity contribution in [3.05, 3.63) is 29.3 Å². The van der Waals surface area contributed by atoms with E-state index in [1.54, 1.807) is 11.3 Å². The van der Waals surface area contributed by atoms with E-state index in [9.17, 15) is 18.0 Å². The molecule has 3 rings (SSSR count). The van der Waals surface area contributed by atoms with Gasteiger partial charge in [-0.05, 0) is 0 Å². The highest BCUT2D eigenvalue weighted by atomic mass is 32.1. The van der Waals surface area contributed by atoms with E-state index in [4.69, 9.17) is 0 Å². The van der Waals surface area contributed by atoms with Crippen molar-refractivity contribution < 1.29 is 18.0 Å². The Balaban J connectivity index is 1.74. The molecule has 0 saturated heterocycles. The first kappa shape index (κ1) is 14.2. The number of aromatic nitrogens is 6. The van der Waals surface area contributed by atoms with Gasteiger partial charge in [0.25, 0.3) is 5.91 Å². The highest BCUT2D eigenvalue weighted by molar-refractivity contribution is 7.13. The summed E-state index contributed by atoms with van der Waals surface area (Å²) in [6, 6.07) is 0. The molecule has 3 aromatic heterocycles. The number of carbonyl (C=O) groups is 1. The molecule has 12 heteroatoms. The van der Waals surface area contributed by atoms with E-state index in [2.05, 4.69) is 30.4 Å². The van der Waals surface area contributed by atoms with Gasteiger partial charge >= 0.3 is 6.18 Å². The van der Waals surface area contributed by atoms with Gasteiger partial charge in [0.2, 0.25) is 11.8 Å². The summed E-state index contributed by atoms with van der Waals surface area (Å²) in [5, 5.41) is 9.02. The van der Waals surface area contributed by atoms with E-state index in [1.807, 2.05) is 0 Å². The number of thiazole rings is 1. The molecule has 0 aliphatic rings. The minimum Gasteiger partial charge on any atom is -0.343 e. The molecule has 22 heavy (non-hydrogen) atoms. The summed E-state index contributed by atoms with van der Waals surface area (Å²) in [7, 11) is 0. The number of nitrogens with one attached hydrogen (secondary N) is 3. The van der Waals surface area contributed by atoms with Crippen LogP contribution in [0.15, 0.2) is 17.8 Å². The van der Waals surface area contributed by atoms with Crippen molar-refractivity contribution in [3.63, 3.8) is 0 Å². The van der Waals surface area contributed by atoms with Gasteiger partial charge in [-0.15, -0.1) is 16.4 Å². The van der Waals surface area contributed by atoms with Crippen LogP contribution in [0.25, 0.3) is 10.8 Å². The molecule has 0 aliphatic heterocycles. The summed E-state index contributed by atoms with van der Waals surface area (Å²) in [5.41, 5.74) is 0.0229. The van der Waals surface area contributed by atoms with E-state index in [-0.39, 0.29) is 5.69 Å². The first-order valence-electron chi connectivity index (χ1n) is 5.70. The Labute approximate surface area is 123 Å². The van der Waals surface area contributed by atoms with E-state index >= 15 is 0 Å². The summed E-state index contributed by atoms with van der Waals surface area (Å²) in [6.45, 7) is 0. The lowest BCUT2D eigenvalue weighted by Crippen LogP contribution is -2.14. The van der Waals surface area contributed by atoms with Crippen LogP contribution in [0.5, 0.6) is 0 Å². The number of alkyl halides is 3. The van der Waals surface area contributed by atoms with Crippen LogP contribution in [0, 0.1) is 0 Å². The first-order valence-corrected chi connectivity index (χ1v) is 6.57. The van der Waals surface area contributed by atoms with Gasteiger partial charge < -0.3 is 4.98 Å². The molecule has 0 atom stereocenters. The van der Waals surface area contributed by atoms with Crippen molar-refractivity contribution in [2.75, 3.05) is 5.32 Å². The van der Waals surface area contributed by atoms with Crippen LogP contribution in [0.2, 0.25) is 0 Å². The molecular formula is C10H6F3N7OS. The minimum atomic E-state index is -4.66. The molecule has 1 amide bonds. The second-order valence-electron chi connectivity index (χ2n) is 3.94. The van der Waals surface area contributed by atoms with Crippen LogP contribution in [-0.4, -0.2) is 36.0 Å². The maximum Gasteiger partial charge on any atom is 0.451 e. The second-order valence-corrected chi connectivity index (χ2v) is 4.79. The fourth-order valence-corrected chi connectivity index (χ4v) is 2.24. The molecule has 3 aromatic rings. The van der Waals surface area contributed by atoms with E-state index < -0.39 is 23.9 Å². The van der Waals surface area contributed by atoms with Gasteiger partial charge in [-0.25, -0.2) is 9.97 Å². The van der Waals surface area contributed by atoms with E-state index in [1.165, 1.54) is 11.6 Å². The monoisotopic (exact) mass is 329 g/mol. The number of imidazole rings is 1. The van der Waals surface area contributed by atoms with Crippen molar-refractivity contribution in [1.82, 2.24) is 30.1 Å². The molecule has 0 bridgehead atoms. The molecule has 114 valence electrons. The number of nitrogens with zero attached hydrogens (tertiary/aromatic N) is 4. The van der Waals surface area contributed by atoms with Gasteiger partial charge in [-0.3, -0.25) is 15.2 Å². The van der Waals surface area contributed by atoms with Gasteiger partial charge in [0.15, 0.2) is 10.8 Å². The summed E-state index contributed by atoms with van der Waals surface area (Å²) in [6.07, 6.45) is -1.53. The van der Waals surface area contributed by atoms with Gasteiger partial charge in [0, 0.05) is 17.8 Å². The Bertz CT molecular complexity index is 792. The molecule has 0 aliphatic carbocycles. The lowest BCUT2D eigenvalue weighted by atomic mass is 10.4. The highest BCUT2D eigenvalue weighted by Gasteiger charge is 2.35. The normalized spacial score (nSPS) is 11.6. The van der Waals surface area contributed by atoms with Gasteiger partial charge in [0.05, 0.1) is 0 Å². The first-order chi connectivity index (χ1) is 10.4. The number of carbonyl (C=O) groups excluding carboxylic acids is 1. The summed E-state index contributed by atoms with van der Waals surface area (Å²) in [4.78, 5) is 25.9. The third-order valence-corrected chi connectivity index (χ3v) is 3.27. The molecule has 3 heterocycles. The lowest BCUT2D eigenvalue weighted by Gasteiger charge is -1.99. The number of rotatable bonds is 3. The topological polar surface area (TPSA) is 112 Å². The largest absolute Gasteiger partial charge is 0.451 e. The molecule has 0 spiro atoms. The van der Waals surface area contributed by atoms with Crippen molar-refractivity contribution in [2.24, 2.45) is 0 Å². The summed E-state index contributed by atoms with van der Waals surface area (Å²) >= 11 is 1.16. The Morgan fingerprint density at radius 3 is 2.77 bits per heavy atom. The highest BCUT2D eigenvalue weighted by Crippen LogP contribution is 2.26. The number of aromatic amines is 2. The van der Waals surface area contributed by atoms with Crippen LogP contribution in [0.3, 0.4) is 0 Å². The zero-order valence-electron chi connectivity index (χ0n) is 10.5. The van der Waals surface area contributed by atoms with Gasteiger partial charge in [-0.2, -0.15) is 18.2 Å². The van der Waals surface area contributed by atoms with Gasteiger partial charge in [0.1, 0.15) is 5.69 Å². The predicted molar refractivity (Wildman–Crippen MR) is 69.0 cm³/mol. The zero-order chi connectivity index (χ0) is 15.7. The number of anilines is 1. The maximum atomic E-state index is 12.4. The quantitative estimate of drug-likeness (QED) is 0.679. The average molecular weight is 329 g/mol. The molecule has 0 radical (unpaired) electrons. The van der Waals surface area contributed by atoms with Crippen molar-refractivity contribution >= 4 is 23.2 Å². The van der Waals surface area contributed by atoms with Crippen molar-refractivity contribution in [2.45, 2.75) is 6.18 Å². The summed E-state index contributed by atoms with van der Waals surface area (Å²) < 4.78 is 37.1. The molecule has 3 N–H and O–H groups in total. The molecule has 0 aromatic carbocycles. The fourth-order valence-electron chi connectivity index (χ4n) is 1.48. The summed E-state index contributed by atoms with van der Waals surface area (Å²) in [5.74, 6) is -2.01. The Morgan fingerprint density at radius 2 is 2.14 bits per heavy atom. The third kappa shape index (κ3) is 2.81. The maximum absolute atomic E-state index is 12.4. The van der Waals surface area contributed by atoms with E-state index in [0.717, 1.165) is 11.3 Å². The number of hydrogen-bond donors (Lipinski definition) is 3. The van der Waals surface area contributed by atoms with Crippen molar-refractivity contribution in [3.8, 4) is 10.8 Å². The minimum absolute atomic E-state index is 0.0229. The van der Waals surface area contributed by atoms with E-state index in [0.29, 0.717) is 10.8 Å². The molecular weight excluding hydrogens is 323 g/mol. The SMILES string of the molecule is O=C(Nc1n[nH]c(C(F)(F)F)n1)c1csc(-c2ncc[nH]2)n1. The Kier molecular flexibility index (Phi) is 3.36. The zero-order valence-corrected chi connectivity index (χ0v) is 11.3. The van der Waals surface area contributed by atoms with Crippen LogP contribution < -0.4 is 5.32 Å². The van der Waals surface area contributed by atoms with Crippen LogP contribution in [0.1, 0.15) is 16.3 Å². The average Bonchev–Trinajstić information content (AvgIpc) is 3.18. The Morgan fingerprint density at radius 1 is 1.32 bits per heavy atom. The fraction of sp³-hybridized carbons (Fsp3) is 0.100. The number of hydrogen-bond acceptors (Lipinski definition) is 6. The number of halogens is 3. The lowest BCUT2D eigenvalue weighted by molar-refractivity contribution is -0.144. The standard InChI is InChI=1S/C10H6F3N7OS/c11-10(12,13)8-18-9(20-19-8)17-6(21)4-3-22-7(16-4)5-14-1-2-15-5/h1-3H,(H,14,15)(H2,17,18,19,20,21). The third-order valence-electron chi connectivity index (χ3n) is 2.42. The number of H-pyrrole nitrogens is 2. The van der Waals surface area contributed by atoms with Crippen LogP contribution in [0.4, 0.5) is 19.1 Å². The molecule has 0 unspecified atom stereocenters. The van der Waals surface area contributed by atoms with Crippen LogP contribution in [-0.2, 0) is 6.18 Å². The van der Waals surface area contributed by atoms with Gasteiger partial charge in [-0.1, -0.05) is 0 Å². The predicted octanol–water partition coefficient (Wildman–Crippen LogP) is 1.92. The molecule has 0 fully saturated rings. The smallest absolute Gasteiger partial charge is 0.343 e. The Hall–Kier alpha value is -2.76.